The van der Waals surface area contributed by atoms with Crippen LogP contribution in [0.25, 0.3) is 18.2 Å². The first-order valence-corrected chi connectivity index (χ1v) is 14.8. The molecule has 0 saturated heterocycles. The summed E-state index contributed by atoms with van der Waals surface area (Å²) < 4.78 is 12.4. The maximum absolute atomic E-state index is 6.40. The van der Waals surface area contributed by atoms with Gasteiger partial charge in [-0.2, -0.15) is 0 Å². The Labute approximate surface area is 240 Å². The van der Waals surface area contributed by atoms with Crippen molar-refractivity contribution < 1.29 is 60.2 Å². The molecule has 0 heterocycles. The molecule has 0 bridgehead atoms. The topological polar surface area (TPSA) is 18.5 Å². The van der Waals surface area contributed by atoms with Crippen molar-refractivity contribution in [3.63, 3.8) is 0 Å². The van der Waals surface area contributed by atoms with Gasteiger partial charge in [0.05, 0.1) is 6.61 Å². The quantitative estimate of drug-likeness (QED) is 0.164. The number of allylic oxidation sites excluding steroid dienone is 1. The van der Waals surface area contributed by atoms with Gasteiger partial charge in [0, 0.05) is 5.92 Å². The van der Waals surface area contributed by atoms with Crippen molar-refractivity contribution in [2.75, 3.05) is 13.2 Å². The average Bonchev–Trinajstić information content (AvgIpc) is 3.33. The standard InChI is InChI=1S/C29H29O2Si.2ClH.Zr/c1-5-20-14-15-25-23-12-8-6-10-21(23)18-26(25)28(20)29-24-13-9-7-11-22(24)19-27(29)30-16-17-31-32(2,3)4;;;/h5-15,19,29H,16-17H2,1-4H3;2*1H;/q-1;;;+3/p-2. The summed E-state index contributed by atoms with van der Waals surface area (Å²) in [6.07, 6.45) is 8.12. The molecule has 6 heteroatoms. The molecule has 2 aliphatic rings. The SMILES string of the molecule is CC=c1ccc2c(c1C1C(OCCO[Si](C)(C)C)=Cc3ccccc31)[C-]=c1ccccc1=2.[Cl-].[Cl-].[Zr+3]. The third-order valence-corrected chi connectivity index (χ3v) is 7.20. The van der Waals surface area contributed by atoms with Crippen LogP contribution in [0, 0.1) is 10.4 Å². The van der Waals surface area contributed by atoms with E-state index in [1.165, 1.54) is 43.1 Å². The second kappa shape index (κ2) is 12.2. The molecule has 1 unspecified atom stereocenters. The molecule has 0 N–H and O–H groups in total. The molecule has 0 fully saturated rings. The van der Waals surface area contributed by atoms with Crippen molar-refractivity contribution >= 4 is 26.5 Å². The minimum atomic E-state index is -1.56. The second-order valence-electron chi connectivity index (χ2n) is 9.37. The van der Waals surface area contributed by atoms with Gasteiger partial charge in [-0.1, -0.05) is 71.5 Å². The minimum absolute atomic E-state index is 0. The summed E-state index contributed by atoms with van der Waals surface area (Å²) in [6, 6.07) is 21.6. The van der Waals surface area contributed by atoms with Gasteiger partial charge in [0.15, 0.2) is 8.32 Å². The molecule has 5 rings (SSSR count). The predicted octanol–water partition coefficient (Wildman–Crippen LogP) is -0.847. The predicted molar refractivity (Wildman–Crippen MR) is 134 cm³/mol. The molecule has 0 aliphatic heterocycles. The summed E-state index contributed by atoms with van der Waals surface area (Å²) in [4.78, 5) is 0. The van der Waals surface area contributed by atoms with Gasteiger partial charge in [-0.3, -0.25) is 0 Å². The maximum atomic E-state index is 6.40. The third kappa shape index (κ3) is 5.95. The Morgan fingerprint density at radius 2 is 1.60 bits per heavy atom. The molecule has 1 atom stereocenters. The molecule has 0 spiro atoms. The molecular formula is C29H29Cl2O2SiZr. The summed E-state index contributed by atoms with van der Waals surface area (Å²) >= 11 is 0. The third-order valence-electron chi connectivity index (χ3n) is 6.13. The molecule has 2 nitrogen and oxygen atoms in total. The Kier molecular flexibility index (Phi) is 10.4. The van der Waals surface area contributed by atoms with Crippen LogP contribution in [0.5, 0.6) is 0 Å². The van der Waals surface area contributed by atoms with E-state index in [1.54, 1.807) is 0 Å². The monoisotopic (exact) mass is 597 g/mol. The zero-order chi connectivity index (χ0) is 22.3. The van der Waals surface area contributed by atoms with Crippen LogP contribution in [-0.4, -0.2) is 21.5 Å². The molecule has 1 radical (unpaired) electrons. The summed E-state index contributed by atoms with van der Waals surface area (Å²) in [6.45, 7) is 9.93. The van der Waals surface area contributed by atoms with Crippen molar-refractivity contribution in [3.8, 4) is 0 Å². The molecular weight excluding hydrogens is 571 g/mol. The van der Waals surface area contributed by atoms with E-state index in [2.05, 4.69) is 105 Å². The van der Waals surface area contributed by atoms with E-state index >= 15 is 0 Å². The van der Waals surface area contributed by atoms with Gasteiger partial charge in [0.1, 0.15) is 12.4 Å². The van der Waals surface area contributed by atoms with Crippen molar-refractivity contribution in [3.05, 3.63) is 110 Å². The van der Waals surface area contributed by atoms with Gasteiger partial charge < -0.3 is 34.0 Å². The fraction of sp³-hybridized carbons (Fsp3) is 0.241. The van der Waals surface area contributed by atoms with E-state index in [-0.39, 0.29) is 56.9 Å². The van der Waals surface area contributed by atoms with E-state index in [9.17, 15) is 0 Å². The zero-order valence-corrected chi connectivity index (χ0v) is 25.5. The summed E-state index contributed by atoms with van der Waals surface area (Å²) in [7, 11) is -1.56. The van der Waals surface area contributed by atoms with Crippen LogP contribution in [0.4, 0.5) is 0 Å². The van der Waals surface area contributed by atoms with Crippen LogP contribution in [0.2, 0.25) is 19.6 Å². The number of hydrogen-bond donors (Lipinski definition) is 0. The van der Waals surface area contributed by atoms with Crippen molar-refractivity contribution in [2.24, 2.45) is 0 Å². The fourth-order valence-electron chi connectivity index (χ4n) is 4.74. The average molecular weight is 600 g/mol. The number of halogens is 2. The van der Waals surface area contributed by atoms with Crippen molar-refractivity contribution in [2.45, 2.75) is 32.5 Å². The van der Waals surface area contributed by atoms with Gasteiger partial charge >= 0.3 is 26.2 Å². The zero-order valence-electron chi connectivity index (χ0n) is 20.5. The minimum Gasteiger partial charge on any atom is -1.00 e. The Bertz CT molecular complexity index is 1440. The van der Waals surface area contributed by atoms with Crippen LogP contribution in [0.3, 0.4) is 0 Å². The summed E-state index contributed by atoms with van der Waals surface area (Å²) in [5, 5.41) is 4.91. The van der Waals surface area contributed by atoms with E-state index in [1.807, 2.05) is 0 Å². The number of fused-ring (bicyclic) bond motifs is 3. The van der Waals surface area contributed by atoms with Crippen molar-refractivity contribution in [1.29, 1.82) is 0 Å². The van der Waals surface area contributed by atoms with Crippen LogP contribution in [0.15, 0.2) is 66.4 Å². The molecule has 35 heavy (non-hydrogen) atoms. The number of hydrogen-bond acceptors (Lipinski definition) is 2. The van der Waals surface area contributed by atoms with Gasteiger partial charge in [-0.05, 0) is 43.8 Å². The first-order valence-electron chi connectivity index (χ1n) is 11.4. The molecule has 2 aliphatic carbocycles. The second-order valence-corrected chi connectivity index (χ2v) is 13.9. The van der Waals surface area contributed by atoms with Gasteiger partial charge in [-0.25, -0.2) is 0 Å². The summed E-state index contributed by atoms with van der Waals surface area (Å²) in [5.74, 6) is 1.06. The van der Waals surface area contributed by atoms with Crippen LogP contribution >= 0.6 is 0 Å². The van der Waals surface area contributed by atoms with E-state index < -0.39 is 8.32 Å². The summed E-state index contributed by atoms with van der Waals surface area (Å²) in [5.41, 5.74) is 5.00. The van der Waals surface area contributed by atoms with Crippen molar-refractivity contribution in [1.82, 2.24) is 0 Å². The number of ether oxygens (including phenoxy) is 1. The van der Waals surface area contributed by atoms with E-state index in [4.69, 9.17) is 9.16 Å². The molecule has 179 valence electrons. The Morgan fingerprint density at radius 1 is 0.886 bits per heavy atom. The molecule has 3 aromatic rings. The molecule has 0 aromatic heterocycles. The largest absolute Gasteiger partial charge is 3.00 e. The Balaban J connectivity index is 0.00000144. The maximum Gasteiger partial charge on any atom is 3.00 e. The number of rotatable bonds is 6. The van der Waals surface area contributed by atoms with Gasteiger partial charge in [0.2, 0.25) is 0 Å². The first-order chi connectivity index (χ1) is 15.5. The van der Waals surface area contributed by atoms with Crippen LogP contribution in [0.1, 0.15) is 35.1 Å². The Hall–Kier alpha value is -1.42. The molecule has 3 aromatic carbocycles. The molecule has 0 saturated carbocycles. The number of benzene rings is 3. The Morgan fingerprint density at radius 3 is 2.34 bits per heavy atom. The van der Waals surface area contributed by atoms with E-state index in [0.717, 1.165) is 5.76 Å². The first kappa shape index (κ1) is 29.8. The normalized spacial score (nSPS) is 15.4. The van der Waals surface area contributed by atoms with Crippen LogP contribution in [-0.2, 0) is 35.4 Å². The molecule has 0 amide bonds. The van der Waals surface area contributed by atoms with Gasteiger partial charge in [0.25, 0.3) is 0 Å². The fourth-order valence-corrected chi connectivity index (χ4v) is 5.44. The van der Waals surface area contributed by atoms with E-state index in [0.29, 0.717) is 13.2 Å². The van der Waals surface area contributed by atoms with Crippen LogP contribution < -0.4 is 35.3 Å². The smallest absolute Gasteiger partial charge is 1.00 e. The van der Waals surface area contributed by atoms with Gasteiger partial charge in [-0.15, -0.1) is 33.4 Å².